The highest BCUT2D eigenvalue weighted by molar-refractivity contribution is 5.23. The van der Waals surface area contributed by atoms with E-state index >= 15 is 0 Å². The van der Waals surface area contributed by atoms with E-state index in [1.165, 1.54) is 6.07 Å². The molecule has 0 radical (unpaired) electrons. The average molecular weight is 168 g/mol. The Morgan fingerprint density at radius 2 is 2.25 bits per heavy atom. The van der Waals surface area contributed by atoms with Crippen LogP contribution in [0.1, 0.15) is 0 Å². The van der Waals surface area contributed by atoms with Gasteiger partial charge in [-0.25, -0.2) is 4.39 Å². The Bertz CT molecular complexity index is 271. The minimum absolute atomic E-state index is 0.171. The minimum atomic E-state index is -0.321. The van der Waals surface area contributed by atoms with Gasteiger partial charge in [-0.3, -0.25) is 0 Å². The summed E-state index contributed by atoms with van der Waals surface area (Å²) in [6.45, 7) is 1.18. The monoisotopic (exact) mass is 168 g/mol. The van der Waals surface area contributed by atoms with Crippen molar-refractivity contribution in [1.29, 1.82) is 0 Å². The summed E-state index contributed by atoms with van der Waals surface area (Å²) in [4.78, 5) is 0. The summed E-state index contributed by atoms with van der Waals surface area (Å²) >= 11 is 0. The summed E-state index contributed by atoms with van der Waals surface area (Å²) in [6, 6.07) is 6.36. The molecular formula is C9H9FO2. The van der Waals surface area contributed by atoms with Gasteiger partial charge in [0.15, 0.2) is 11.6 Å². The third-order valence-electron chi connectivity index (χ3n) is 1.66. The fourth-order valence-corrected chi connectivity index (χ4v) is 0.909. The first-order chi connectivity index (χ1) is 5.86. The molecule has 64 valence electrons. The Balaban J connectivity index is 1.96. The van der Waals surface area contributed by atoms with E-state index in [0.717, 1.165) is 6.61 Å². The van der Waals surface area contributed by atoms with Crippen molar-refractivity contribution >= 4 is 0 Å². The molecule has 0 aliphatic carbocycles. The molecular weight excluding hydrogens is 159 g/mol. The third-order valence-corrected chi connectivity index (χ3v) is 1.66. The quantitative estimate of drug-likeness (QED) is 0.639. The van der Waals surface area contributed by atoms with Gasteiger partial charge < -0.3 is 9.47 Å². The smallest absolute Gasteiger partial charge is 0.165 e. The van der Waals surface area contributed by atoms with Gasteiger partial charge in [0, 0.05) is 0 Å². The molecule has 0 saturated carbocycles. The van der Waals surface area contributed by atoms with Gasteiger partial charge in [0.2, 0.25) is 0 Å². The van der Waals surface area contributed by atoms with Gasteiger partial charge in [-0.1, -0.05) is 12.1 Å². The average Bonchev–Trinajstić information content (AvgIpc) is 2.86. The molecule has 1 aliphatic rings. The summed E-state index contributed by atoms with van der Waals surface area (Å²) in [6.07, 6.45) is 0.171. The van der Waals surface area contributed by atoms with Crippen molar-refractivity contribution in [2.75, 3.05) is 13.2 Å². The van der Waals surface area contributed by atoms with Gasteiger partial charge in [0.1, 0.15) is 12.7 Å². The zero-order valence-electron chi connectivity index (χ0n) is 6.50. The fraction of sp³-hybridized carbons (Fsp3) is 0.333. The maximum atomic E-state index is 12.9. The van der Waals surface area contributed by atoms with Crippen molar-refractivity contribution in [2.24, 2.45) is 0 Å². The lowest BCUT2D eigenvalue weighted by molar-refractivity contribution is 0.254. The van der Waals surface area contributed by atoms with Crippen molar-refractivity contribution in [3.63, 3.8) is 0 Å². The molecule has 0 amide bonds. The molecule has 2 nitrogen and oxygen atoms in total. The molecule has 2 rings (SSSR count). The number of rotatable bonds is 3. The van der Waals surface area contributed by atoms with E-state index in [1.807, 2.05) is 0 Å². The second-order valence-electron chi connectivity index (χ2n) is 2.70. The van der Waals surface area contributed by atoms with E-state index in [0.29, 0.717) is 12.4 Å². The van der Waals surface area contributed by atoms with Crippen LogP contribution in [0.25, 0.3) is 0 Å². The van der Waals surface area contributed by atoms with Crippen LogP contribution in [0.2, 0.25) is 0 Å². The number of hydrogen-bond donors (Lipinski definition) is 0. The van der Waals surface area contributed by atoms with Gasteiger partial charge in [0.25, 0.3) is 0 Å². The zero-order valence-corrected chi connectivity index (χ0v) is 6.50. The summed E-state index contributed by atoms with van der Waals surface area (Å²) in [7, 11) is 0. The highest BCUT2D eigenvalue weighted by Gasteiger charge is 2.23. The van der Waals surface area contributed by atoms with Crippen LogP contribution in [-0.2, 0) is 4.74 Å². The maximum Gasteiger partial charge on any atom is 0.165 e. The first-order valence-corrected chi connectivity index (χ1v) is 3.85. The Hall–Kier alpha value is -1.09. The van der Waals surface area contributed by atoms with E-state index in [-0.39, 0.29) is 11.9 Å². The zero-order chi connectivity index (χ0) is 8.39. The van der Waals surface area contributed by atoms with Crippen LogP contribution in [0.3, 0.4) is 0 Å². The highest BCUT2D eigenvalue weighted by Crippen LogP contribution is 2.17. The number of ether oxygens (including phenoxy) is 2. The van der Waals surface area contributed by atoms with Gasteiger partial charge in [-0.2, -0.15) is 0 Å². The summed E-state index contributed by atoms with van der Waals surface area (Å²) in [5.41, 5.74) is 0. The van der Waals surface area contributed by atoms with Crippen LogP contribution < -0.4 is 4.74 Å². The van der Waals surface area contributed by atoms with Gasteiger partial charge in [-0.05, 0) is 12.1 Å². The van der Waals surface area contributed by atoms with Crippen molar-refractivity contribution in [3.05, 3.63) is 30.1 Å². The summed E-state index contributed by atoms with van der Waals surface area (Å²) in [5, 5.41) is 0. The first kappa shape index (κ1) is 7.55. The Morgan fingerprint density at radius 3 is 2.92 bits per heavy atom. The number of hydrogen-bond acceptors (Lipinski definition) is 2. The standard InChI is InChI=1S/C9H9FO2/c10-8-3-1-2-4-9(8)12-6-7-5-11-7/h1-4,7H,5-6H2. The first-order valence-electron chi connectivity index (χ1n) is 3.85. The molecule has 1 aromatic carbocycles. The van der Waals surface area contributed by atoms with Crippen LogP contribution in [0, 0.1) is 5.82 Å². The van der Waals surface area contributed by atoms with Crippen molar-refractivity contribution in [3.8, 4) is 5.75 Å². The number of para-hydroxylation sites is 1. The molecule has 0 bridgehead atoms. The van der Waals surface area contributed by atoms with Crippen LogP contribution in [0.15, 0.2) is 24.3 Å². The van der Waals surface area contributed by atoms with E-state index in [1.54, 1.807) is 18.2 Å². The lowest BCUT2D eigenvalue weighted by atomic mass is 10.3. The third kappa shape index (κ3) is 1.74. The highest BCUT2D eigenvalue weighted by atomic mass is 19.1. The Morgan fingerprint density at radius 1 is 1.50 bits per heavy atom. The molecule has 1 fully saturated rings. The summed E-state index contributed by atoms with van der Waals surface area (Å²) in [5.74, 6) is -0.0221. The summed E-state index contributed by atoms with van der Waals surface area (Å²) < 4.78 is 23.0. The van der Waals surface area contributed by atoms with Crippen molar-refractivity contribution in [1.82, 2.24) is 0 Å². The minimum Gasteiger partial charge on any atom is -0.488 e. The molecule has 0 N–H and O–H groups in total. The van der Waals surface area contributed by atoms with Gasteiger partial charge in [-0.15, -0.1) is 0 Å². The fourth-order valence-electron chi connectivity index (χ4n) is 0.909. The Labute approximate surface area is 69.9 Å². The molecule has 0 aromatic heterocycles. The van der Waals surface area contributed by atoms with E-state index < -0.39 is 0 Å². The van der Waals surface area contributed by atoms with Crippen molar-refractivity contribution in [2.45, 2.75) is 6.10 Å². The molecule has 1 aliphatic heterocycles. The predicted octanol–water partition coefficient (Wildman–Crippen LogP) is 1.60. The van der Waals surface area contributed by atoms with E-state index in [2.05, 4.69) is 0 Å². The molecule has 1 aromatic rings. The number of epoxide rings is 1. The second kappa shape index (κ2) is 3.11. The molecule has 0 spiro atoms. The maximum absolute atomic E-state index is 12.9. The number of benzene rings is 1. The molecule has 1 unspecified atom stereocenters. The van der Waals surface area contributed by atoms with Gasteiger partial charge in [0.05, 0.1) is 6.61 Å². The van der Waals surface area contributed by atoms with Gasteiger partial charge >= 0.3 is 0 Å². The van der Waals surface area contributed by atoms with Crippen LogP contribution in [0.5, 0.6) is 5.75 Å². The van der Waals surface area contributed by atoms with Crippen LogP contribution >= 0.6 is 0 Å². The lowest BCUT2D eigenvalue weighted by Gasteiger charge is -2.03. The molecule has 3 heteroatoms. The van der Waals surface area contributed by atoms with Crippen molar-refractivity contribution < 1.29 is 13.9 Å². The molecule has 12 heavy (non-hydrogen) atoms. The normalized spacial score (nSPS) is 20.6. The van der Waals surface area contributed by atoms with E-state index in [9.17, 15) is 4.39 Å². The second-order valence-corrected chi connectivity index (χ2v) is 2.70. The Kier molecular flexibility index (Phi) is 1.96. The lowest BCUT2D eigenvalue weighted by Crippen LogP contribution is -2.04. The number of halogens is 1. The molecule has 1 saturated heterocycles. The molecule has 1 heterocycles. The topological polar surface area (TPSA) is 21.8 Å². The molecule has 1 atom stereocenters. The van der Waals surface area contributed by atoms with Crippen LogP contribution in [-0.4, -0.2) is 19.3 Å². The van der Waals surface area contributed by atoms with E-state index in [4.69, 9.17) is 9.47 Å². The largest absolute Gasteiger partial charge is 0.488 e. The SMILES string of the molecule is Fc1ccccc1OCC1CO1. The predicted molar refractivity (Wildman–Crippen MR) is 41.6 cm³/mol. The van der Waals surface area contributed by atoms with Crippen LogP contribution in [0.4, 0.5) is 4.39 Å².